The molecule has 0 N–H and O–H groups in total. The number of carbonyl (C=O) groups excluding carboxylic acids is 2. The smallest absolute Gasteiger partial charge is 0.417 e. The molecule has 0 aromatic heterocycles. The Hall–Kier alpha value is -1.06. The zero-order valence-electron chi connectivity index (χ0n) is 24.4. The van der Waals surface area contributed by atoms with Crippen LogP contribution in [0.15, 0.2) is 0 Å². The monoisotopic (exact) mass is 510 g/mol. The van der Waals surface area contributed by atoms with E-state index in [2.05, 4.69) is 13.8 Å². The number of carbonyl (C=O) groups is 2. The zero-order valence-corrected chi connectivity index (χ0v) is 24.4. The van der Waals surface area contributed by atoms with E-state index in [9.17, 15) is 9.59 Å². The van der Waals surface area contributed by atoms with Gasteiger partial charge < -0.3 is 9.47 Å². The molecule has 0 aliphatic heterocycles. The first-order chi connectivity index (χ1) is 17.7. The Morgan fingerprint density at radius 2 is 0.528 bits per heavy atom. The SMILES string of the molecule is CCCCCCCCCCCCCCCOC(=O)C(=O)OCCCCCCCCCCCCCCC. The summed E-state index contributed by atoms with van der Waals surface area (Å²) in [5.74, 6) is -1.66. The molecule has 0 rings (SSSR count). The van der Waals surface area contributed by atoms with Gasteiger partial charge in [0.05, 0.1) is 13.2 Å². The maximum Gasteiger partial charge on any atom is 0.417 e. The number of hydrogen-bond acceptors (Lipinski definition) is 4. The van der Waals surface area contributed by atoms with Crippen molar-refractivity contribution < 1.29 is 19.1 Å². The molecule has 0 bridgehead atoms. The summed E-state index contributed by atoms with van der Waals surface area (Å²) >= 11 is 0. The van der Waals surface area contributed by atoms with Gasteiger partial charge in [0, 0.05) is 0 Å². The molecule has 0 radical (unpaired) electrons. The van der Waals surface area contributed by atoms with Gasteiger partial charge in [-0.05, 0) is 12.8 Å². The highest BCUT2D eigenvalue weighted by Crippen LogP contribution is 2.14. The van der Waals surface area contributed by atoms with Crippen LogP contribution in [0.1, 0.15) is 181 Å². The number of rotatable bonds is 28. The van der Waals surface area contributed by atoms with Crippen LogP contribution < -0.4 is 0 Å². The minimum Gasteiger partial charge on any atom is -0.457 e. The molecule has 0 heterocycles. The molecule has 0 aliphatic carbocycles. The lowest BCUT2D eigenvalue weighted by Gasteiger charge is -2.06. The normalized spacial score (nSPS) is 11.1. The maximum atomic E-state index is 11.7. The summed E-state index contributed by atoms with van der Waals surface area (Å²) in [6.45, 7) is 5.18. The van der Waals surface area contributed by atoms with Crippen LogP contribution in [0.5, 0.6) is 0 Å². The lowest BCUT2D eigenvalue weighted by molar-refractivity contribution is -0.167. The van der Waals surface area contributed by atoms with Crippen molar-refractivity contribution in [2.24, 2.45) is 0 Å². The summed E-state index contributed by atoms with van der Waals surface area (Å²) in [6.07, 6.45) is 33.2. The molecule has 0 spiro atoms. The van der Waals surface area contributed by atoms with Crippen LogP contribution in [0.25, 0.3) is 0 Å². The number of unbranched alkanes of at least 4 members (excludes halogenated alkanes) is 24. The predicted molar refractivity (Wildman–Crippen MR) is 153 cm³/mol. The Labute approximate surface area is 225 Å². The summed E-state index contributed by atoms with van der Waals surface area (Å²) in [4.78, 5) is 23.5. The standard InChI is InChI=1S/C32H62O4/c1-3-5-7-9-11-13-15-17-19-21-23-25-27-29-35-31(33)32(34)36-30-28-26-24-22-20-18-16-14-12-10-8-6-4-2/h3-30H2,1-2H3. The van der Waals surface area contributed by atoms with Gasteiger partial charge >= 0.3 is 11.9 Å². The number of ether oxygens (including phenoxy) is 2. The van der Waals surface area contributed by atoms with E-state index in [1.165, 1.54) is 141 Å². The van der Waals surface area contributed by atoms with E-state index >= 15 is 0 Å². The van der Waals surface area contributed by atoms with E-state index in [-0.39, 0.29) is 0 Å². The second kappa shape index (κ2) is 30.2. The molecule has 0 aromatic carbocycles. The highest BCUT2D eigenvalue weighted by atomic mass is 16.6. The summed E-state index contributed by atoms with van der Waals surface area (Å²) < 4.78 is 10.1. The van der Waals surface area contributed by atoms with Crippen LogP contribution in [-0.2, 0) is 19.1 Å². The Morgan fingerprint density at radius 3 is 0.750 bits per heavy atom. The molecule has 0 aromatic rings. The molecule has 4 nitrogen and oxygen atoms in total. The van der Waals surface area contributed by atoms with Gasteiger partial charge in [0.2, 0.25) is 0 Å². The van der Waals surface area contributed by atoms with Crippen LogP contribution in [0, 0.1) is 0 Å². The molecule has 0 aliphatic rings. The van der Waals surface area contributed by atoms with Crippen LogP contribution in [0.2, 0.25) is 0 Å². The van der Waals surface area contributed by atoms with Crippen molar-refractivity contribution in [3.8, 4) is 0 Å². The van der Waals surface area contributed by atoms with Gasteiger partial charge in [0.1, 0.15) is 0 Å². The fraction of sp³-hybridized carbons (Fsp3) is 0.938. The lowest BCUT2D eigenvalue weighted by atomic mass is 10.0. The molecule has 0 unspecified atom stereocenters. The third kappa shape index (κ3) is 27.5. The zero-order chi connectivity index (χ0) is 26.4. The Balaban J connectivity index is 3.29. The quantitative estimate of drug-likeness (QED) is 0.0596. The Bertz CT molecular complexity index is 421. The molecule has 0 atom stereocenters. The van der Waals surface area contributed by atoms with Crippen LogP contribution in [0.3, 0.4) is 0 Å². The van der Waals surface area contributed by atoms with E-state index in [1.807, 2.05) is 0 Å². The van der Waals surface area contributed by atoms with E-state index in [1.54, 1.807) is 0 Å². The van der Waals surface area contributed by atoms with Gasteiger partial charge in [-0.3, -0.25) is 0 Å². The lowest BCUT2D eigenvalue weighted by Crippen LogP contribution is -2.21. The van der Waals surface area contributed by atoms with Crippen molar-refractivity contribution in [2.75, 3.05) is 13.2 Å². The van der Waals surface area contributed by atoms with Gasteiger partial charge in [-0.15, -0.1) is 0 Å². The van der Waals surface area contributed by atoms with E-state index in [0.717, 1.165) is 25.7 Å². The topological polar surface area (TPSA) is 52.6 Å². The summed E-state index contributed by atoms with van der Waals surface area (Å²) in [7, 11) is 0. The van der Waals surface area contributed by atoms with Crippen molar-refractivity contribution in [3.05, 3.63) is 0 Å². The van der Waals surface area contributed by atoms with Gasteiger partial charge in [-0.1, -0.05) is 168 Å². The van der Waals surface area contributed by atoms with Crippen molar-refractivity contribution in [1.29, 1.82) is 0 Å². The van der Waals surface area contributed by atoms with Crippen LogP contribution >= 0.6 is 0 Å². The predicted octanol–water partition coefficient (Wildman–Crippen LogP) is 10.3. The van der Waals surface area contributed by atoms with Crippen LogP contribution in [-0.4, -0.2) is 25.2 Å². The average Bonchev–Trinajstić information content (AvgIpc) is 2.88. The highest BCUT2D eigenvalue weighted by molar-refractivity contribution is 6.29. The van der Waals surface area contributed by atoms with Crippen molar-refractivity contribution in [3.63, 3.8) is 0 Å². The summed E-state index contributed by atoms with van der Waals surface area (Å²) in [5, 5.41) is 0. The first-order valence-corrected chi connectivity index (χ1v) is 16.1. The molecule has 0 saturated carbocycles. The number of esters is 2. The fourth-order valence-corrected chi connectivity index (χ4v) is 4.69. The maximum absolute atomic E-state index is 11.7. The molecule has 214 valence electrons. The van der Waals surface area contributed by atoms with Gasteiger partial charge in [-0.2, -0.15) is 0 Å². The highest BCUT2D eigenvalue weighted by Gasteiger charge is 2.16. The molecular weight excluding hydrogens is 448 g/mol. The van der Waals surface area contributed by atoms with E-state index in [4.69, 9.17) is 9.47 Å². The minimum atomic E-state index is -0.830. The fourth-order valence-electron chi connectivity index (χ4n) is 4.69. The average molecular weight is 511 g/mol. The molecule has 36 heavy (non-hydrogen) atoms. The van der Waals surface area contributed by atoms with Gasteiger partial charge in [-0.25, -0.2) is 9.59 Å². The largest absolute Gasteiger partial charge is 0.457 e. The molecular formula is C32H62O4. The van der Waals surface area contributed by atoms with Gasteiger partial charge in [0.25, 0.3) is 0 Å². The van der Waals surface area contributed by atoms with E-state index in [0.29, 0.717) is 13.2 Å². The van der Waals surface area contributed by atoms with Gasteiger partial charge in [0.15, 0.2) is 0 Å². The first-order valence-electron chi connectivity index (χ1n) is 16.1. The Morgan fingerprint density at radius 1 is 0.333 bits per heavy atom. The molecule has 0 amide bonds. The first kappa shape index (κ1) is 34.9. The van der Waals surface area contributed by atoms with E-state index < -0.39 is 11.9 Å². The summed E-state index contributed by atoms with van der Waals surface area (Å²) in [6, 6.07) is 0. The van der Waals surface area contributed by atoms with Crippen molar-refractivity contribution in [1.82, 2.24) is 0 Å². The van der Waals surface area contributed by atoms with Crippen molar-refractivity contribution >= 4 is 11.9 Å². The molecule has 0 fully saturated rings. The molecule has 4 heteroatoms. The molecule has 0 saturated heterocycles. The van der Waals surface area contributed by atoms with Crippen molar-refractivity contribution in [2.45, 2.75) is 181 Å². The number of hydrogen-bond donors (Lipinski definition) is 0. The second-order valence-electron chi connectivity index (χ2n) is 10.8. The Kier molecular flexibility index (Phi) is 29.3. The van der Waals surface area contributed by atoms with Crippen LogP contribution in [0.4, 0.5) is 0 Å². The third-order valence-electron chi connectivity index (χ3n) is 7.13. The second-order valence-corrected chi connectivity index (χ2v) is 10.8. The summed E-state index contributed by atoms with van der Waals surface area (Å²) in [5.41, 5.74) is 0. The minimum absolute atomic E-state index is 0.324. The third-order valence-corrected chi connectivity index (χ3v) is 7.13.